The number of amides is 4. The zero-order chi connectivity index (χ0) is 29.4. The number of rotatable bonds is 25. The summed E-state index contributed by atoms with van der Waals surface area (Å²) in [5, 5.41) is 12.5. The van der Waals surface area contributed by atoms with E-state index in [0.717, 1.165) is 76.5 Å². The van der Waals surface area contributed by atoms with Gasteiger partial charge in [-0.1, -0.05) is 69.8 Å². The minimum Gasteiger partial charge on any atom is -0.356 e. The van der Waals surface area contributed by atoms with Crippen molar-refractivity contribution in [2.45, 2.75) is 146 Å². The molecule has 0 unspecified atom stereocenters. The van der Waals surface area contributed by atoms with E-state index in [9.17, 15) is 14.4 Å². The molecule has 0 bridgehead atoms. The number of carbonyl (C=O) groups excluding carboxylic acids is 3. The first kappa shape index (κ1) is 35.2. The molecule has 0 aromatic heterocycles. The number of fused-ring (bicyclic) bond motifs is 1. The first-order chi connectivity index (χ1) is 20.1. The van der Waals surface area contributed by atoms with E-state index >= 15 is 0 Å². The average Bonchev–Trinajstić information content (AvgIpc) is 3.51. The second-order valence-corrected chi connectivity index (χ2v) is 12.9. The average molecular weight is 591 g/mol. The molecular formula is C33H58N4O3S. The van der Waals surface area contributed by atoms with Crippen molar-refractivity contribution in [3.05, 3.63) is 24.3 Å². The molecule has 7 nitrogen and oxygen atoms in total. The normalized spacial score (nSPS) is 19.9. The van der Waals surface area contributed by atoms with Crippen LogP contribution in [0, 0.1) is 0 Å². The van der Waals surface area contributed by atoms with E-state index < -0.39 is 0 Å². The lowest BCUT2D eigenvalue weighted by Crippen LogP contribution is -2.36. The minimum absolute atomic E-state index is 0.0422. The Hall–Kier alpha value is -1.96. The van der Waals surface area contributed by atoms with Gasteiger partial charge in [0, 0.05) is 36.9 Å². The predicted octanol–water partition coefficient (Wildman–Crippen LogP) is 6.93. The summed E-state index contributed by atoms with van der Waals surface area (Å²) in [6, 6.07) is 0.473. The Kier molecular flexibility index (Phi) is 20.3. The van der Waals surface area contributed by atoms with Gasteiger partial charge in [0.25, 0.3) is 0 Å². The molecule has 0 aromatic rings. The van der Waals surface area contributed by atoms with E-state index in [-0.39, 0.29) is 29.9 Å². The summed E-state index contributed by atoms with van der Waals surface area (Å²) in [5.74, 6) is 1.28. The number of nitrogens with one attached hydrogen (secondary N) is 4. The Balaban J connectivity index is 1.28. The fourth-order valence-electron chi connectivity index (χ4n) is 5.43. The Morgan fingerprint density at radius 3 is 2.02 bits per heavy atom. The first-order valence-electron chi connectivity index (χ1n) is 16.6. The number of urea groups is 1. The topological polar surface area (TPSA) is 99.3 Å². The molecule has 2 saturated heterocycles. The summed E-state index contributed by atoms with van der Waals surface area (Å²) in [4.78, 5) is 35.6. The van der Waals surface area contributed by atoms with Crippen molar-refractivity contribution in [3.8, 4) is 0 Å². The lowest BCUT2D eigenvalue weighted by molar-refractivity contribution is -0.121. The summed E-state index contributed by atoms with van der Waals surface area (Å²) in [7, 11) is 0. The van der Waals surface area contributed by atoms with Crippen LogP contribution in [0.1, 0.15) is 129 Å². The van der Waals surface area contributed by atoms with Crippen molar-refractivity contribution in [1.82, 2.24) is 21.3 Å². The maximum absolute atomic E-state index is 12.1. The van der Waals surface area contributed by atoms with Gasteiger partial charge in [-0.25, -0.2) is 4.79 Å². The fourth-order valence-corrected chi connectivity index (χ4v) is 6.97. The second-order valence-electron chi connectivity index (χ2n) is 11.6. The minimum atomic E-state index is -0.0422. The lowest BCUT2D eigenvalue weighted by Gasteiger charge is -2.16. The third kappa shape index (κ3) is 17.6. The van der Waals surface area contributed by atoms with Crippen LogP contribution in [0.3, 0.4) is 0 Å². The van der Waals surface area contributed by atoms with Crippen molar-refractivity contribution in [2.24, 2.45) is 0 Å². The van der Waals surface area contributed by atoms with Crippen molar-refractivity contribution in [1.29, 1.82) is 0 Å². The molecule has 4 N–H and O–H groups in total. The highest BCUT2D eigenvalue weighted by molar-refractivity contribution is 8.00. The van der Waals surface area contributed by atoms with Gasteiger partial charge in [-0.05, 0) is 70.6 Å². The molecule has 8 heteroatoms. The van der Waals surface area contributed by atoms with Gasteiger partial charge < -0.3 is 21.3 Å². The SMILES string of the molecule is CCCCC/C=C\C/C=C\CCCCCCCC(=O)NCCCCCNC(=O)CCCC[C@@H]1SC[C@@H]2NC(=O)N[C@@H]21. The van der Waals surface area contributed by atoms with E-state index in [1.165, 1.54) is 44.9 Å². The lowest BCUT2D eigenvalue weighted by atomic mass is 10.0. The van der Waals surface area contributed by atoms with Crippen LogP contribution in [0.15, 0.2) is 24.3 Å². The molecule has 2 fully saturated rings. The molecule has 3 atom stereocenters. The maximum Gasteiger partial charge on any atom is 0.315 e. The largest absolute Gasteiger partial charge is 0.356 e. The zero-order valence-corrected chi connectivity index (χ0v) is 26.5. The molecule has 0 aliphatic carbocycles. The number of unbranched alkanes of at least 4 members (excludes halogenated alkanes) is 11. The molecule has 41 heavy (non-hydrogen) atoms. The van der Waals surface area contributed by atoms with Crippen LogP contribution in [0.4, 0.5) is 4.79 Å². The third-order valence-electron chi connectivity index (χ3n) is 7.93. The molecule has 2 aliphatic heterocycles. The van der Waals surface area contributed by atoms with E-state index in [4.69, 9.17) is 0 Å². The first-order valence-corrected chi connectivity index (χ1v) is 17.7. The Bertz CT molecular complexity index is 788. The van der Waals surface area contributed by atoms with E-state index in [1.54, 1.807) is 0 Å². The van der Waals surface area contributed by atoms with Gasteiger partial charge in [-0.3, -0.25) is 9.59 Å². The smallest absolute Gasteiger partial charge is 0.315 e. The van der Waals surface area contributed by atoms with Crippen molar-refractivity contribution in [2.75, 3.05) is 18.8 Å². The second kappa shape index (κ2) is 23.6. The number of hydrogen-bond acceptors (Lipinski definition) is 4. The summed E-state index contributed by atoms with van der Waals surface area (Å²) in [6.07, 6.45) is 29.4. The van der Waals surface area contributed by atoms with Crippen LogP contribution in [-0.4, -0.2) is 54.0 Å². The zero-order valence-electron chi connectivity index (χ0n) is 25.7. The van der Waals surface area contributed by atoms with Gasteiger partial charge in [-0.15, -0.1) is 0 Å². The van der Waals surface area contributed by atoms with Gasteiger partial charge in [0.05, 0.1) is 12.1 Å². The van der Waals surface area contributed by atoms with Crippen LogP contribution in [-0.2, 0) is 9.59 Å². The van der Waals surface area contributed by atoms with Gasteiger partial charge in [-0.2, -0.15) is 11.8 Å². The maximum atomic E-state index is 12.1. The Morgan fingerprint density at radius 1 is 0.756 bits per heavy atom. The number of thioether (sulfide) groups is 1. The van der Waals surface area contributed by atoms with Gasteiger partial charge in [0.15, 0.2) is 0 Å². The summed E-state index contributed by atoms with van der Waals surface area (Å²) < 4.78 is 0. The highest BCUT2D eigenvalue weighted by Crippen LogP contribution is 2.33. The molecule has 0 aromatic carbocycles. The van der Waals surface area contributed by atoms with E-state index in [2.05, 4.69) is 52.5 Å². The molecule has 0 spiro atoms. The van der Waals surface area contributed by atoms with Crippen molar-refractivity contribution < 1.29 is 14.4 Å². The molecule has 4 amide bonds. The van der Waals surface area contributed by atoms with Gasteiger partial charge >= 0.3 is 6.03 Å². The molecule has 234 valence electrons. The monoisotopic (exact) mass is 590 g/mol. The summed E-state index contributed by atoms with van der Waals surface area (Å²) in [6.45, 7) is 3.68. The van der Waals surface area contributed by atoms with Crippen LogP contribution in [0.25, 0.3) is 0 Å². The molecular weight excluding hydrogens is 532 g/mol. The number of carbonyl (C=O) groups is 3. The molecule has 0 saturated carbocycles. The van der Waals surface area contributed by atoms with Gasteiger partial charge in [0.1, 0.15) is 0 Å². The molecule has 2 heterocycles. The molecule has 2 rings (SSSR count). The van der Waals surface area contributed by atoms with Crippen LogP contribution < -0.4 is 21.3 Å². The predicted molar refractivity (Wildman–Crippen MR) is 173 cm³/mol. The van der Waals surface area contributed by atoms with E-state index in [0.29, 0.717) is 24.6 Å². The highest BCUT2D eigenvalue weighted by Gasteiger charge is 2.42. The standard InChI is InChI=1S/C33H58N4O3S/c1-2-3-4-5-6-7-8-9-10-11-12-13-14-15-17-23-30(38)34-25-20-16-21-26-35-31(39)24-19-18-22-29-32-28(27-41-29)36-33(40)37-32/h6-7,9-10,28-29,32H,2-5,8,11-27H2,1H3,(H,34,38)(H,35,39)(H2,36,37,40)/b7-6-,10-9-/t28-,29-,32-/m0/s1. The Morgan fingerprint density at radius 2 is 1.34 bits per heavy atom. The van der Waals surface area contributed by atoms with E-state index in [1.807, 2.05) is 11.8 Å². The Labute approximate surface area is 254 Å². The molecule has 2 aliphatic rings. The van der Waals surface area contributed by atoms with Crippen LogP contribution >= 0.6 is 11.8 Å². The fraction of sp³-hybridized carbons (Fsp3) is 0.788. The quantitative estimate of drug-likeness (QED) is 0.0526. The van der Waals surface area contributed by atoms with Crippen molar-refractivity contribution >= 4 is 29.6 Å². The summed E-state index contributed by atoms with van der Waals surface area (Å²) >= 11 is 1.92. The summed E-state index contributed by atoms with van der Waals surface area (Å²) in [5.41, 5.74) is 0. The number of hydrogen-bond donors (Lipinski definition) is 4. The van der Waals surface area contributed by atoms with Crippen molar-refractivity contribution in [3.63, 3.8) is 0 Å². The molecule has 0 radical (unpaired) electrons. The van der Waals surface area contributed by atoms with Crippen LogP contribution in [0.2, 0.25) is 0 Å². The van der Waals surface area contributed by atoms with Crippen LogP contribution in [0.5, 0.6) is 0 Å². The third-order valence-corrected chi connectivity index (χ3v) is 9.44. The van der Waals surface area contributed by atoms with Gasteiger partial charge in [0.2, 0.25) is 11.8 Å². The number of allylic oxidation sites excluding steroid dienone is 4. The highest BCUT2D eigenvalue weighted by atomic mass is 32.2.